The Morgan fingerprint density at radius 3 is 2.87 bits per heavy atom. The first-order valence-corrected chi connectivity index (χ1v) is 9.37. The van der Waals surface area contributed by atoms with Crippen molar-refractivity contribution < 1.29 is 9.59 Å². The zero-order chi connectivity index (χ0) is 16.7. The lowest BCUT2D eigenvalue weighted by molar-refractivity contribution is -0.119. The Kier molecular flexibility index (Phi) is 6.73. The van der Waals surface area contributed by atoms with Gasteiger partial charge in [0.25, 0.3) is 0 Å². The van der Waals surface area contributed by atoms with Crippen molar-refractivity contribution in [3.8, 4) is 10.6 Å². The van der Waals surface area contributed by atoms with Crippen LogP contribution < -0.4 is 10.6 Å². The lowest BCUT2D eigenvalue weighted by Gasteiger charge is -1.99. The van der Waals surface area contributed by atoms with E-state index in [1.807, 2.05) is 11.4 Å². The number of hydrogen-bond acceptors (Lipinski definition) is 5. The predicted molar refractivity (Wildman–Crippen MR) is 96.0 cm³/mol. The van der Waals surface area contributed by atoms with Crippen LogP contribution in [-0.2, 0) is 16.0 Å². The number of amides is 2. The van der Waals surface area contributed by atoms with Gasteiger partial charge in [-0.05, 0) is 25.0 Å². The van der Waals surface area contributed by atoms with Gasteiger partial charge in [0.1, 0.15) is 0 Å². The van der Waals surface area contributed by atoms with Crippen LogP contribution in [0.1, 0.15) is 38.0 Å². The zero-order valence-electron chi connectivity index (χ0n) is 13.3. The molecule has 0 saturated heterocycles. The number of nitrogens with one attached hydrogen (secondary N) is 2. The highest BCUT2D eigenvalue weighted by Gasteiger charge is 2.10. The summed E-state index contributed by atoms with van der Waals surface area (Å²) in [5, 5.41) is 8.24. The minimum atomic E-state index is -0.00950. The van der Waals surface area contributed by atoms with Crippen molar-refractivity contribution in [2.75, 3.05) is 11.9 Å². The Hall–Kier alpha value is -1.73. The van der Waals surface area contributed by atoms with Crippen LogP contribution in [0.25, 0.3) is 10.6 Å². The Bertz CT molecular complexity index is 664. The number of unbranched alkanes of at least 4 members (excludes halogenated alkanes) is 1. The van der Waals surface area contributed by atoms with E-state index in [9.17, 15) is 9.59 Å². The molecule has 0 aromatic carbocycles. The molecule has 0 saturated carbocycles. The summed E-state index contributed by atoms with van der Waals surface area (Å²) in [6.07, 6.45) is 3.26. The minimum absolute atomic E-state index is 0.00950. The van der Waals surface area contributed by atoms with Gasteiger partial charge in [-0.15, -0.1) is 22.7 Å². The summed E-state index contributed by atoms with van der Waals surface area (Å²) in [5.74, 6) is 0.0136. The second-order valence-corrected chi connectivity index (χ2v) is 7.21. The fourth-order valence-electron chi connectivity index (χ4n) is 1.98. The van der Waals surface area contributed by atoms with Gasteiger partial charge in [-0.2, -0.15) is 0 Å². The first-order chi connectivity index (χ1) is 11.1. The topological polar surface area (TPSA) is 71.1 Å². The summed E-state index contributed by atoms with van der Waals surface area (Å²) in [6.45, 7) is 4.23. The zero-order valence-corrected chi connectivity index (χ0v) is 15.0. The SMILES string of the molecule is CCCCC(=O)Nc1nc(-c2ccc(CCNC(C)=O)s2)cs1. The molecule has 2 amide bonds. The fourth-order valence-corrected chi connectivity index (χ4v) is 3.74. The van der Waals surface area contributed by atoms with E-state index in [0.717, 1.165) is 29.8 Å². The molecule has 2 N–H and O–H groups in total. The fraction of sp³-hybridized carbons (Fsp3) is 0.438. The largest absolute Gasteiger partial charge is 0.356 e. The van der Waals surface area contributed by atoms with E-state index in [4.69, 9.17) is 0 Å². The molecule has 0 aliphatic carbocycles. The van der Waals surface area contributed by atoms with E-state index >= 15 is 0 Å². The van der Waals surface area contributed by atoms with Crippen LogP contribution in [0.5, 0.6) is 0 Å². The third kappa shape index (κ3) is 5.76. The second-order valence-electron chi connectivity index (χ2n) is 5.19. The van der Waals surface area contributed by atoms with Gasteiger partial charge in [0, 0.05) is 30.1 Å². The molecule has 2 heterocycles. The van der Waals surface area contributed by atoms with Crippen LogP contribution in [-0.4, -0.2) is 23.3 Å². The summed E-state index contributed by atoms with van der Waals surface area (Å²) in [4.78, 5) is 29.3. The molecular formula is C16H21N3O2S2. The van der Waals surface area contributed by atoms with Gasteiger partial charge in [0.05, 0.1) is 10.6 Å². The monoisotopic (exact) mass is 351 g/mol. The second kappa shape index (κ2) is 8.79. The third-order valence-electron chi connectivity index (χ3n) is 3.17. The van der Waals surface area contributed by atoms with E-state index in [1.54, 1.807) is 11.3 Å². The quantitative estimate of drug-likeness (QED) is 0.762. The number of anilines is 1. The molecule has 0 aliphatic rings. The number of carbonyl (C=O) groups is 2. The maximum absolute atomic E-state index is 11.7. The van der Waals surface area contributed by atoms with Crippen molar-refractivity contribution in [2.45, 2.75) is 39.5 Å². The van der Waals surface area contributed by atoms with E-state index in [1.165, 1.54) is 23.1 Å². The summed E-state index contributed by atoms with van der Waals surface area (Å²) < 4.78 is 0. The maximum Gasteiger partial charge on any atom is 0.226 e. The van der Waals surface area contributed by atoms with Gasteiger partial charge < -0.3 is 10.6 Å². The molecule has 7 heteroatoms. The van der Waals surface area contributed by atoms with Crippen LogP contribution in [0.2, 0.25) is 0 Å². The normalized spacial score (nSPS) is 10.5. The summed E-state index contributed by atoms with van der Waals surface area (Å²) >= 11 is 3.11. The molecule has 0 aliphatic heterocycles. The summed E-state index contributed by atoms with van der Waals surface area (Å²) in [5.41, 5.74) is 0.886. The molecule has 124 valence electrons. The predicted octanol–water partition coefficient (Wildman–Crippen LogP) is 3.68. The third-order valence-corrected chi connectivity index (χ3v) is 5.09. The minimum Gasteiger partial charge on any atom is -0.356 e. The summed E-state index contributed by atoms with van der Waals surface area (Å²) in [7, 11) is 0. The van der Waals surface area contributed by atoms with Crippen molar-refractivity contribution in [3.63, 3.8) is 0 Å². The van der Waals surface area contributed by atoms with E-state index in [-0.39, 0.29) is 11.8 Å². The van der Waals surface area contributed by atoms with Gasteiger partial charge in [-0.25, -0.2) is 4.98 Å². The Morgan fingerprint density at radius 1 is 1.30 bits per heavy atom. The number of nitrogens with zero attached hydrogens (tertiary/aromatic N) is 1. The van der Waals surface area contributed by atoms with E-state index in [2.05, 4.69) is 28.6 Å². The maximum atomic E-state index is 11.7. The van der Waals surface area contributed by atoms with Gasteiger partial charge >= 0.3 is 0 Å². The molecular weight excluding hydrogens is 330 g/mol. The Balaban J connectivity index is 1.91. The average molecular weight is 351 g/mol. The molecule has 0 unspecified atom stereocenters. The number of carbonyl (C=O) groups excluding carboxylic acids is 2. The molecule has 2 rings (SSSR count). The molecule has 0 radical (unpaired) electrons. The molecule has 0 spiro atoms. The van der Waals surface area contributed by atoms with Crippen LogP contribution >= 0.6 is 22.7 Å². The standard InChI is InChI=1S/C16H21N3O2S2/c1-3-4-5-15(21)19-16-18-13(10-22-16)14-7-6-12(23-14)8-9-17-11(2)20/h6-7,10H,3-5,8-9H2,1-2H3,(H,17,20)(H,18,19,21). The number of aromatic nitrogens is 1. The van der Waals surface area contributed by atoms with E-state index in [0.29, 0.717) is 18.1 Å². The summed E-state index contributed by atoms with van der Waals surface area (Å²) in [6, 6.07) is 4.09. The Labute approximate surface area is 144 Å². The highest BCUT2D eigenvalue weighted by Crippen LogP contribution is 2.31. The van der Waals surface area contributed by atoms with Gasteiger partial charge in [-0.1, -0.05) is 13.3 Å². The van der Waals surface area contributed by atoms with E-state index < -0.39 is 0 Å². The lowest BCUT2D eigenvalue weighted by atomic mass is 10.2. The van der Waals surface area contributed by atoms with Crippen LogP contribution in [0.15, 0.2) is 17.5 Å². The number of rotatable bonds is 8. The van der Waals surface area contributed by atoms with Crippen LogP contribution in [0, 0.1) is 0 Å². The molecule has 23 heavy (non-hydrogen) atoms. The molecule has 0 fully saturated rings. The van der Waals surface area contributed by atoms with Crippen molar-refractivity contribution in [1.29, 1.82) is 0 Å². The average Bonchev–Trinajstić information content (AvgIpc) is 3.14. The van der Waals surface area contributed by atoms with Gasteiger partial charge in [0.15, 0.2) is 5.13 Å². The van der Waals surface area contributed by atoms with Crippen LogP contribution in [0.4, 0.5) is 5.13 Å². The number of thiazole rings is 1. The van der Waals surface area contributed by atoms with Crippen molar-refractivity contribution in [2.24, 2.45) is 0 Å². The van der Waals surface area contributed by atoms with Gasteiger partial charge in [-0.3, -0.25) is 9.59 Å². The molecule has 2 aromatic heterocycles. The molecule has 0 atom stereocenters. The van der Waals surface area contributed by atoms with Crippen molar-refractivity contribution >= 4 is 39.6 Å². The van der Waals surface area contributed by atoms with Crippen LogP contribution in [0.3, 0.4) is 0 Å². The van der Waals surface area contributed by atoms with Gasteiger partial charge in [0.2, 0.25) is 11.8 Å². The smallest absolute Gasteiger partial charge is 0.226 e. The van der Waals surface area contributed by atoms with Crippen molar-refractivity contribution in [3.05, 3.63) is 22.4 Å². The molecule has 0 bridgehead atoms. The highest BCUT2D eigenvalue weighted by molar-refractivity contribution is 7.17. The first kappa shape index (κ1) is 17.6. The number of thiophene rings is 1. The Morgan fingerprint density at radius 2 is 2.13 bits per heavy atom. The highest BCUT2D eigenvalue weighted by atomic mass is 32.1. The molecule has 2 aromatic rings. The first-order valence-electron chi connectivity index (χ1n) is 7.67. The van der Waals surface area contributed by atoms with Crippen molar-refractivity contribution in [1.82, 2.24) is 10.3 Å². The molecule has 5 nitrogen and oxygen atoms in total. The number of hydrogen-bond donors (Lipinski definition) is 2. The lowest BCUT2D eigenvalue weighted by Crippen LogP contribution is -2.21.